The molecule has 0 aliphatic carbocycles. The van der Waals surface area contributed by atoms with Crippen LogP contribution in [0.2, 0.25) is 0 Å². The predicted molar refractivity (Wildman–Crippen MR) is 98.9 cm³/mol. The number of benzene rings is 1. The van der Waals surface area contributed by atoms with E-state index in [1.54, 1.807) is 48.7 Å². The molecule has 0 radical (unpaired) electrons. The molecule has 1 aromatic carbocycles. The number of amides is 3. The lowest BCUT2D eigenvalue weighted by Crippen LogP contribution is -2.21. The van der Waals surface area contributed by atoms with Crippen molar-refractivity contribution >= 4 is 46.1 Å². The maximum atomic E-state index is 12.1. The lowest BCUT2D eigenvalue weighted by atomic mass is 10.2. The minimum absolute atomic E-state index is 0.0130. The lowest BCUT2D eigenvalue weighted by molar-refractivity contribution is -0.115. The van der Waals surface area contributed by atoms with E-state index in [9.17, 15) is 14.4 Å². The fraction of sp³-hybridized carbons (Fsp3) is 0.176. The van der Waals surface area contributed by atoms with Gasteiger partial charge in [0.1, 0.15) is 0 Å². The standard InChI is InChI=1S/C17H18N4O3S/c1-11(20-21-17(24)15-8-5-9-25-15)10-16(23)19-14-7-4-3-6-13(14)18-12(2)22/h3-9H,10H2,1-2H3,(H,18,22)(H,19,23)(H,21,24)/b20-11-. The number of nitrogens with zero attached hydrogens (tertiary/aromatic N) is 1. The van der Waals surface area contributed by atoms with Crippen LogP contribution >= 0.6 is 11.3 Å². The molecular weight excluding hydrogens is 340 g/mol. The average Bonchev–Trinajstić information content (AvgIpc) is 3.08. The fourth-order valence-electron chi connectivity index (χ4n) is 1.97. The Morgan fingerprint density at radius 2 is 1.68 bits per heavy atom. The molecule has 8 heteroatoms. The first-order valence-corrected chi connectivity index (χ1v) is 8.37. The zero-order valence-corrected chi connectivity index (χ0v) is 14.6. The molecule has 2 rings (SSSR count). The Balaban J connectivity index is 1.92. The van der Waals surface area contributed by atoms with Crippen LogP contribution in [0.4, 0.5) is 11.4 Å². The number of nitrogens with one attached hydrogen (secondary N) is 3. The van der Waals surface area contributed by atoms with Gasteiger partial charge in [-0.25, -0.2) is 5.43 Å². The molecule has 0 saturated heterocycles. The Labute approximate surface area is 149 Å². The normalized spacial score (nSPS) is 10.9. The first-order valence-electron chi connectivity index (χ1n) is 7.49. The minimum Gasteiger partial charge on any atom is -0.325 e. The third-order valence-electron chi connectivity index (χ3n) is 3.02. The molecule has 0 unspecified atom stereocenters. The summed E-state index contributed by atoms with van der Waals surface area (Å²) >= 11 is 1.31. The van der Waals surface area contributed by atoms with Gasteiger partial charge < -0.3 is 10.6 Å². The molecule has 0 aliphatic rings. The summed E-state index contributed by atoms with van der Waals surface area (Å²) in [6, 6.07) is 10.4. The number of anilines is 2. The van der Waals surface area contributed by atoms with Crippen LogP contribution in [0.1, 0.15) is 29.9 Å². The maximum absolute atomic E-state index is 12.1. The van der Waals surface area contributed by atoms with Gasteiger partial charge in [0.25, 0.3) is 5.91 Å². The van der Waals surface area contributed by atoms with Gasteiger partial charge in [0, 0.05) is 12.6 Å². The average molecular weight is 358 g/mol. The van der Waals surface area contributed by atoms with Gasteiger partial charge in [0.2, 0.25) is 11.8 Å². The molecule has 2 aromatic rings. The summed E-state index contributed by atoms with van der Waals surface area (Å²) in [5.74, 6) is -0.842. The third kappa shape index (κ3) is 5.85. The van der Waals surface area contributed by atoms with Gasteiger partial charge in [0.05, 0.1) is 22.7 Å². The molecule has 0 spiro atoms. The number of carbonyl (C=O) groups is 3. The first kappa shape index (κ1) is 18.3. The van der Waals surface area contributed by atoms with Gasteiger partial charge in [-0.1, -0.05) is 18.2 Å². The largest absolute Gasteiger partial charge is 0.325 e. The maximum Gasteiger partial charge on any atom is 0.281 e. The summed E-state index contributed by atoms with van der Waals surface area (Å²) in [5.41, 5.74) is 3.89. The van der Waals surface area contributed by atoms with Crippen molar-refractivity contribution in [1.29, 1.82) is 0 Å². The number of para-hydroxylation sites is 2. The highest BCUT2D eigenvalue weighted by atomic mass is 32.1. The molecule has 1 heterocycles. The number of hydrogen-bond acceptors (Lipinski definition) is 5. The molecule has 0 atom stereocenters. The Kier molecular flexibility index (Phi) is 6.41. The number of carbonyl (C=O) groups excluding carboxylic acids is 3. The molecule has 0 saturated carbocycles. The summed E-state index contributed by atoms with van der Waals surface area (Å²) in [4.78, 5) is 35.6. The van der Waals surface area contributed by atoms with Crippen molar-refractivity contribution in [3.05, 3.63) is 46.7 Å². The van der Waals surface area contributed by atoms with E-state index in [1.807, 2.05) is 0 Å². The molecule has 0 bridgehead atoms. The number of hydrazone groups is 1. The third-order valence-corrected chi connectivity index (χ3v) is 3.89. The van der Waals surface area contributed by atoms with Crippen LogP contribution in [0, 0.1) is 0 Å². The van der Waals surface area contributed by atoms with E-state index in [2.05, 4.69) is 21.2 Å². The second kappa shape index (κ2) is 8.74. The lowest BCUT2D eigenvalue weighted by Gasteiger charge is -2.11. The van der Waals surface area contributed by atoms with Crippen LogP contribution in [0.25, 0.3) is 0 Å². The first-order chi connectivity index (χ1) is 12.0. The van der Waals surface area contributed by atoms with Crippen molar-refractivity contribution in [2.24, 2.45) is 5.10 Å². The van der Waals surface area contributed by atoms with Crippen molar-refractivity contribution in [3.8, 4) is 0 Å². The molecule has 1 aromatic heterocycles. The molecule has 0 fully saturated rings. The van der Waals surface area contributed by atoms with Crippen LogP contribution in [0.3, 0.4) is 0 Å². The smallest absolute Gasteiger partial charge is 0.281 e. The van der Waals surface area contributed by atoms with Crippen molar-refractivity contribution in [3.63, 3.8) is 0 Å². The van der Waals surface area contributed by atoms with E-state index in [0.29, 0.717) is 22.0 Å². The molecule has 7 nitrogen and oxygen atoms in total. The molecular formula is C17H18N4O3S. The van der Waals surface area contributed by atoms with Gasteiger partial charge in [-0.05, 0) is 30.5 Å². The van der Waals surface area contributed by atoms with E-state index in [1.165, 1.54) is 18.3 Å². The second-order valence-corrected chi connectivity index (χ2v) is 6.16. The quantitative estimate of drug-likeness (QED) is 0.547. The van der Waals surface area contributed by atoms with Crippen molar-refractivity contribution in [2.75, 3.05) is 10.6 Å². The highest BCUT2D eigenvalue weighted by Crippen LogP contribution is 2.21. The monoisotopic (exact) mass is 358 g/mol. The highest BCUT2D eigenvalue weighted by molar-refractivity contribution is 7.12. The Morgan fingerprint density at radius 1 is 1.00 bits per heavy atom. The van der Waals surface area contributed by atoms with Gasteiger partial charge >= 0.3 is 0 Å². The van der Waals surface area contributed by atoms with Gasteiger partial charge in [-0.2, -0.15) is 5.10 Å². The van der Waals surface area contributed by atoms with Crippen molar-refractivity contribution in [2.45, 2.75) is 20.3 Å². The van der Waals surface area contributed by atoms with Crippen molar-refractivity contribution < 1.29 is 14.4 Å². The van der Waals surface area contributed by atoms with Crippen LogP contribution in [0.15, 0.2) is 46.9 Å². The SMILES string of the molecule is CC(=O)Nc1ccccc1NC(=O)C/C(C)=N\NC(=O)c1cccs1. The molecule has 0 aliphatic heterocycles. The van der Waals surface area contributed by atoms with Crippen LogP contribution < -0.4 is 16.1 Å². The van der Waals surface area contributed by atoms with E-state index in [0.717, 1.165) is 0 Å². The second-order valence-electron chi connectivity index (χ2n) is 5.22. The molecule has 3 amide bonds. The van der Waals surface area contributed by atoms with Crippen molar-refractivity contribution in [1.82, 2.24) is 5.43 Å². The summed E-state index contributed by atoms with van der Waals surface area (Å²) in [6.45, 7) is 3.04. The Morgan fingerprint density at radius 3 is 2.28 bits per heavy atom. The topological polar surface area (TPSA) is 99.7 Å². The van der Waals surface area contributed by atoms with Crippen LogP contribution in [-0.4, -0.2) is 23.4 Å². The predicted octanol–water partition coefficient (Wildman–Crippen LogP) is 2.84. The van der Waals surface area contributed by atoms with E-state index >= 15 is 0 Å². The number of thiophene rings is 1. The van der Waals surface area contributed by atoms with E-state index < -0.39 is 0 Å². The molecule has 3 N–H and O–H groups in total. The van der Waals surface area contributed by atoms with Crippen LogP contribution in [0.5, 0.6) is 0 Å². The summed E-state index contributed by atoms with van der Waals surface area (Å²) < 4.78 is 0. The van der Waals surface area contributed by atoms with E-state index in [4.69, 9.17) is 0 Å². The Bertz CT molecular complexity index is 800. The zero-order valence-electron chi connectivity index (χ0n) is 13.8. The number of rotatable bonds is 6. The molecule has 25 heavy (non-hydrogen) atoms. The molecule has 130 valence electrons. The zero-order chi connectivity index (χ0) is 18.2. The van der Waals surface area contributed by atoms with Crippen LogP contribution in [-0.2, 0) is 9.59 Å². The summed E-state index contributed by atoms with van der Waals surface area (Å²) in [5, 5.41) is 11.1. The van der Waals surface area contributed by atoms with Gasteiger partial charge in [-0.15, -0.1) is 11.3 Å². The van der Waals surface area contributed by atoms with Gasteiger partial charge in [-0.3, -0.25) is 14.4 Å². The Hall–Kier alpha value is -3.00. The van der Waals surface area contributed by atoms with Gasteiger partial charge in [0.15, 0.2) is 0 Å². The summed E-state index contributed by atoms with van der Waals surface area (Å²) in [6.07, 6.45) is 0.0130. The summed E-state index contributed by atoms with van der Waals surface area (Å²) in [7, 11) is 0. The highest BCUT2D eigenvalue weighted by Gasteiger charge is 2.10. The minimum atomic E-state index is -0.314. The number of hydrogen-bond donors (Lipinski definition) is 3. The fourth-order valence-corrected chi connectivity index (χ4v) is 2.58. The van der Waals surface area contributed by atoms with E-state index in [-0.39, 0.29) is 24.1 Å².